The monoisotopic (exact) mass is 429 g/mol. The molecule has 0 unspecified atom stereocenters. The minimum atomic E-state index is -5.91. The van der Waals surface area contributed by atoms with Crippen molar-refractivity contribution < 1.29 is 47.0 Å². The van der Waals surface area contributed by atoms with Gasteiger partial charge in [0.25, 0.3) is 0 Å². The molecular weight excluding hydrogens is 414 g/mol. The van der Waals surface area contributed by atoms with Crippen molar-refractivity contribution in [2.75, 3.05) is 0 Å². The van der Waals surface area contributed by atoms with Crippen LogP contribution in [0.4, 0.5) is 26.3 Å². The van der Waals surface area contributed by atoms with E-state index in [9.17, 15) is 31.4 Å². The third-order valence-electron chi connectivity index (χ3n) is 4.00. The van der Waals surface area contributed by atoms with E-state index in [4.69, 9.17) is 15.6 Å². The van der Waals surface area contributed by atoms with E-state index in [-0.39, 0.29) is 4.32 Å². The summed E-state index contributed by atoms with van der Waals surface area (Å²) >= 11 is 5.24. The van der Waals surface area contributed by atoms with Crippen LogP contribution in [0.25, 0.3) is 5.69 Å². The Morgan fingerprint density at radius 3 is 1.81 bits per heavy atom. The van der Waals surface area contributed by atoms with Crippen molar-refractivity contribution in [1.82, 2.24) is 9.13 Å². The van der Waals surface area contributed by atoms with Gasteiger partial charge in [0.2, 0.25) is 0 Å². The number of imidazole rings is 1. The number of rotatable bonds is 3. The number of hydrogen-bond acceptors (Lipinski definition) is 1. The zero-order valence-electron chi connectivity index (χ0n) is 13.9. The fourth-order valence-corrected chi connectivity index (χ4v) is 3.13. The van der Waals surface area contributed by atoms with Gasteiger partial charge in [0.05, 0.1) is 0 Å². The predicted molar refractivity (Wildman–Crippen MR) is 78.3 cm³/mol. The Kier molecular flexibility index (Phi) is 5.26. The van der Waals surface area contributed by atoms with Crippen molar-refractivity contribution in [3.8, 4) is 5.69 Å². The molecule has 0 amide bonds. The third-order valence-corrected chi connectivity index (χ3v) is 4.50. The summed E-state index contributed by atoms with van der Waals surface area (Å²) in [5.74, 6) is 0. The molecule has 0 atom stereocenters. The topological polar surface area (TPSA) is 30.1 Å². The number of alkyl halides is 6. The molecule has 2 aromatic rings. The van der Waals surface area contributed by atoms with Gasteiger partial charge >= 0.3 is 153 Å². The van der Waals surface area contributed by atoms with Crippen molar-refractivity contribution in [2.24, 2.45) is 0 Å². The molecule has 1 heterocycles. The predicted octanol–water partition coefficient (Wildman–Crippen LogP) is 4.14. The Bertz CT molecular complexity index is 841. The molecule has 149 valence electrons. The van der Waals surface area contributed by atoms with Crippen LogP contribution >= 0.6 is 0 Å². The van der Waals surface area contributed by atoms with Crippen LogP contribution in [-0.4, -0.2) is 32.2 Å². The van der Waals surface area contributed by atoms with Gasteiger partial charge in [0.1, 0.15) is 0 Å². The molecule has 0 saturated carbocycles. The molecule has 0 saturated heterocycles. The molecule has 0 spiro atoms. The van der Waals surface area contributed by atoms with Crippen LogP contribution < -0.4 is 0 Å². The first kappa shape index (κ1) is 20.8. The summed E-state index contributed by atoms with van der Waals surface area (Å²) in [7, 11) is 0. The maximum atomic E-state index is 12.9. The van der Waals surface area contributed by atoms with E-state index in [1.165, 1.54) is 10.8 Å². The standard InChI is InChI=1S/C16H16F6N2O.Cu/c1-10-6-11(2)13(12(3)7-10)24-5-4-23(9-24)8-14(25,15(17,18)19)16(20,21)22;/h4-7,25H,8H2,1-3H3;. The Morgan fingerprint density at radius 1 is 0.923 bits per heavy atom. The third kappa shape index (κ3) is 3.50. The molecule has 1 aromatic heterocycles. The average molecular weight is 430 g/mol. The van der Waals surface area contributed by atoms with Gasteiger partial charge in [0.15, 0.2) is 0 Å². The van der Waals surface area contributed by atoms with Crippen LogP contribution in [0.2, 0.25) is 0 Å². The molecule has 0 fully saturated rings. The van der Waals surface area contributed by atoms with E-state index in [2.05, 4.69) is 0 Å². The van der Waals surface area contributed by atoms with E-state index in [1.807, 2.05) is 19.1 Å². The summed E-state index contributed by atoms with van der Waals surface area (Å²) in [6, 6.07) is 3.64. The molecule has 1 aromatic carbocycles. The van der Waals surface area contributed by atoms with Gasteiger partial charge in [-0.1, -0.05) is 0 Å². The molecule has 26 heavy (non-hydrogen) atoms. The summed E-state index contributed by atoms with van der Waals surface area (Å²) in [5, 5.41) is 9.36. The number of aromatic nitrogens is 2. The van der Waals surface area contributed by atoms with Gasteiger partial charge in [0, 0.05) is 0 Å². The fraction of sp³-hybridized carbons (Fsp3) is 0.438. The van der Waals surface area contributed by atoms with E-state index in [1.54, 1.807) is 13.8 Å². The summed E-state index contributed by atoms with van der Waals surface area (Å²) < 4.78 is 78.9. The number of aliphatic hydroxyl groups is 1. The Labute approximate surface area is 153 Å². The number of nitrogens with zero attached hydrogens (tertiary/aromatic N) is 2. The van der Waals surface area contributed by atoms with Gasteiger partial charge in [-0.2, -0.15) is 0 Å². The summed E-state index contributed by atoms with van der Waals surface area (Å²) in [6.45, 7) is 3.59. The van der Waals surface area contributed by atoms with Gasteiger partial charge in [-0.25, -0.2) is 0 Å². The van der Waals surface area contributed by atoms with Crippen molar-refractivity contribution in [3.63, 3.8) is 0 Å². The molecular formula is C16H16CuF6N2O. The summed E-state index contributed by atoms with van der Waals surface area (Å²) in [6.07, 6.45) is -9.56. The van der Waals surface area contributed by atoms with Gasteiger partial charge < -0.3 is 0 Å². The van der Waals surface area contributed by atoms with Crippen LogP contribution in [-0.2, 0) is 22.1 Å². The van der Waals surface area contributed by atoms with E-state index < -0.39 is 24.5 Å². The van der Waals surface area contributed by atoms with Crippen LogP contribution in [0.1, 0.15) is 16.7 Å². The van der Waals surface area contributed by atoms with Crippen molar-refractivity contribution in [2.45, 2.75) is 45.3 Å². The molecule has 0 aliphatic rings. The second kappa shape index (κ2) is 6.58. The second-order valence-electron chi connectivity index (χ2n) is 6.13. The number of halogens is 6. The molecule has 10 heteroatoms. The van der Waals surface area contributed by atoms with Crippen LogP contribution in [0.5, 0.6) is 0 Å². The van der Waals surface area contributed by atoms with Crippen LogP contribution in [0, 0.1) is 25.1 Å². The van der Waals surface area contributed by atoms with E-state index in [0.717, 1.165) is 22.9 Å². The van der Waals surface area contributed by atoms with Gasteiger partial charge in [-0.15, -0.1) is 0 Å². The first-order valence-corrected chi connectivity index (χ1v) is 7.82. The number of benzene rings is 1. The average Bonchev–Trinajstić information content (AvgIpc) is 2.77. The molecule has 0 bridgehead atoms. The fourth-order valence-electron chi connectivity index (χ4n) is 2.81. The Morgan fingerprint density at radius 2 is 1.38 bits per heavy atom. The first-order chi connectivity index (χ1) is 11.7. The summed E-state index contributed by atoms with van der Waals surface area (Å²) in [5.41, 5.74) is -1.87. The minimum absolute atomic E-state index is 0.306. The van der Waals surface area contributed by atoms with Gasteiger partial charge in [-0.05, 0) is 0 Å². The zero-order valence-corrected chi connectivity index (χ0v) is 14.9. The molecule has 0 radical (unpaired) electrons. The van der Waals surface area contributed by atoms with E-state index in [0.29, 0.717) is 10.3 Å². The molecule has 0 aliphatic heterocycles. The quantitative estimate of drug-likeness (QED) is 0.577. The number of hydrogen-bond donors (Lipinski definition) is 1. The molecule has 2 rings (SSSR count). The molecule has 3 nitrogen and oxygen atoms in total. The van der Waals surface area contributed by atoms with E-state index >= 15 is 0 Å². The van der Waals surface area contributed by atoms with Crippen LogP contribution in [0.3, 0.4) is 0 Å². The molecule has 0 aliphatic carbocycles. The van der Waals surface area contributed by atoms with Crippen molar-refractivity contribution in [1.29, 1.82) is 0 Å². The SMILES string of the molecule is Cc1cc(C)c(-n2ccn(CC(O)(C(F)(F)F)C(F)(F)F)[c]2=[Cu])c(C)c1. The molecule has 1 N–H and O–H groups in total. The normalized spacial score (nSPS) is 13.4. The Hall–Kier alpha value is -1.51. The zero-order chi connectivity index (χ0) is 20.1. The van der Waals surface area contributed by atoms with Crippen molar-refractivity contribution in [3.05, 3.63) is 45.5 Å². The van der Waals surface area contributed by atoms with Crippen LogP contribution in [0.15, 0.2) is 24.5 Å². The van der Waals surface area contributed by atoms with Crippen molar-refractivity contribution >= 4 is 0 Å². The Balaban J connectivity index is 2.56. The maximum absolute atomic E-state index is 12.9. The summed E-state index contributed by atoms with van der Waals surface area (Å²) in [4.78, 5) is 0. The second-order valence-corrected chi connectivity index (χ2v) is 6.56. The first-order valence-electron chi connectivity index (χ1n) is 7.35. The number of aryl methyl sites for hydroxylation is 3. The van der Waals surface area contributed by atoms with Gasteiger partial charge in [-0.3, -0.25) is 0 Å².